The number of furan rings is 1. The van der Waals surface area contributed by atoms with E-state index >= 15 is 0 Å². The Morgan fingerprint density at radius 2 is 1.07 bits per heavy atom. The zero-order valence-electron chi connectivity index (χ0n) is 38.9. The van der Waals surface area contributed by atoms with E-state index in [1.165, 1.54) is 12.1 Å². The average Bonchev–Trinajstić information content (AvgIpc) is 3.71. The van der Waals surface area contributed by atoms with Gasteiger partial charge >= 0.3 is 0 Å². The van der Waals surface area contributed by atoms with Crippen molar-refractivity contribution < 1.29 is 18.1 Å². The summed E-state index contributed by atoms with van der Waals surface area (Å²) in [5.41, 5.74) is 3.10. The van der Waals surface area contributed by atoms with Gasteiger partial charge in [0.2, 0.25) is 0 Å². The van der Waals surface area contributed by atoms with Crippen LogP contribution in [-0.2, 0) is 0 Å². The van der Waals surface area contributed by atoms with Crippen molar-refractivity contribution in [3.63, 3.8) is 0 Å². The maximum Gasteiger partial charge on any atom is 0.164 e. The molecular weight excluding hydrogens is 671 g/mol. The van der Waals surface area contributed by atoms with Crippen LogP contribution in [-0.4, -0.2) is 15.0 Å². The number of nitrogens with zero attached hydrogens (tertiary/aromatic N) is 3. The number of para-hydroxylation sites is 1. The molecule has 0 aliphatic heterocycles. The number of aromatic nitrogens is 3. The molecule has 11 aromatic rings. The Kier molecular flexibility index (Phi) is 5.18. The molecular formula is C51H31N3O. The summed E-state index contributed by atoms with van der Waals surface area (Å²) in [4.78, 5) is 15.3. The van der Waals surface area contributed by atoms with E-state index in [0.29, 0.717) is 22.3 Å². The fraction of sp³-hybridized carbons (Fsp3) is 0. The van der Waals surface area contributed by atoms with Crippen molar-refractivity contribution in [3.05, 3.63) is 188 Å². The van der Waals surface area contributed by atoms with Crippen molar-refractivity contribution in [2.45, 2.75) is 0 Å². The lowest BCUT2D eigenvalue weighted by atomic mass is 9.90. The zero-order chi connectivity index (χ0) is 45.0. The molecule has 256 valence electrons. The van der Waals surface area contributed by atoms with Crippen LogP contribution in [0.2, 0.25) is 0 Å². The van der Waals surface area contributed by atoms with Gasteiger partial charge in [-0.2, -0.15) is 0 Å². The van der Waals surface area contributed by atoms with Crippen molar-refractivity contribution in [3.8, 4) is 56.4 Å². The summed E-state index contributed by atoms with van der Waals surface area (Å²) in [6.45, 7) is 0. The Bertz CT molecular complexity index is 3840. The first-order valence-electron chi connectivity index (χ1n) is 22.7. The van der Waals surface area contributed by atoms with Gasteiger partial charge < -0.3 is 4.42 Å². The van der Waals surface area contributed by atoms with Crippen LogP contribution in [0.25, 0.3) is 111 Å². The van der Waals surface area contributed by atoms with Gasteiger partial charge in [-0.1, -0.05) is 164 Å². The largest absolute Gasteiger partial charge is 0.456 e. The van der Waals surface area contributed by atoms with Gasteiger partial charge in [-0.05, 0) is 78.8 Å². The Labute approximate surface area is 331 Å². The monoisotopic (exact) mass is 711 g/mol. The van der Waals surface area contributed by atoms with E-state index in [2.05, 4.69) is 6.07 Å². The summed E-state index contributed by atoms with van der Waals surface area (Å²) in [7, 11) is 0. The van der Waals surface area contributed by atoms with E-state index in [9.17, 15) is 1.37 Å². The van der Waals surface area contributed by atoms with Gasteiger partial charge in [-0.3, -0.25) is 0 Å². The Hall–Kier alpha value is -7.43. The third kappa shape index (κ3) is 5.19. The summed E-state index contributed by atoms with van der Waals surface area (Å²) < 4.78 is 93.2. The molecule has 0 saturated carbocycles. The minimum absolute atomic E-state index is 0.000608. The second kappa shape index (κ2) is 12.6. The smallest absolute Gasteiger partial charge is 0.164 e. The van der Waals surface area contributed by atoms with E-state index in [4.69, 9.17) is 31.7 Å². The predicted octanol–water partition coefficient (Wildman–Crippen LogP) is 13.6. The van der Waals surface area contributed by atoms with Gasteiger partial charge in [0.05, 0.1) is 13.7 Å². The molecule has 0 amide bonds. The fourth-order valence-electron chi connectivity index (χ4n) is 7.59. The summed E-state index contributed by atoms with van der Waals surface area (Å²) >= 11 is 0. The molecule has 0 atom stereocenters. The second-order valence-corrected chi connectivity index (χ2v) is 13.2. The highest BCUT2D eigenvalue weighted by atomic mass is 16.3. The highest BCUT2D eigenvalue weighted by Crippen LogP contribution is 2.41. The number of benzene rings is 9. The molecule has 0 aliphatic rings. The molecule has 0 bridgehead atoms. The van der Waals surface area contributed by atoms with Crippen molar-refractivity contribution in [1.82, 2.24) is 15.0 Å². The fourth-order valence-corrected chi connectivity index (χ4v) is 7.59. The molecule has 0 fully saturated rings. The summed E-state index contributed by atoms with van der Waals surface area (Å²) in [5.74, 6) is 0.497. The molecule has 0 radical (unpaired) electrons. The van der Waals surface area contributed by atoms with Crippen molar-refractivity contribution >= 4 is 54.3 Å². The zero-order valence-corrected chi connectivity index (χ0v) is 28.9. The van der Waals surface area contributed by atoms with Crippen molar-refractivity contribution in [2.24, 2.45) is 0 Å². The molecule has 2 aromatic heterocycles. The van der Waals surface area contributed by atoms with E-state index in [1.807, 2.05) is 97.1 Å². The van der Waals surface area contributed by atoms with E-state index in [-0.39, 0.29) is 92.8 Å². The van der Waals surface area contributed by atoms with E-state index < -0.39 is 18.1 Å². The Morgan fingerprint density at radius 1 is 0.364 bits per heavy atom. The Balaban J connectivity index is 1.26. The van der Waals surface area contributed by atoms with Gasteiger partial charge in [0.25, 0.3) is 0 Å². The lowest BCUT2D eigenvalue weighted by Crippen LogP contribution is -2.01. The molecule has 9 aromatic carbocycles. The predicted molar refractivity (Wildman–Crippen MR) is 227 cm³/mol. The van der Waals surface area contributed by atoms with Gasteiger partial charge in [-0.15, -0.1) is 0 Å². The van der Waals surface area contributed by atoms with Crippen LogP contribution in [0.4, 0.5) is 0 Å². The molecule has 0 saturated heterocycles. The second-order valence-electron chi connectivity index (χ2n) is 13.2. The molecule has 0 aliphatic carbocycles. The maximum absolute atomic E-state index is 9.35. The Morgan fingerprint density at radius 3 is 1.95 bits per heavy atom. The van der Waals surface area contributed by atoms with Crippen molar-refractivity contribution in [2.75, 3.05) is 0 Å². The number of hydrogen-bond acceptors (Lipinski definition) is 4. The minimum Gasteiger partial charge on any atom is -0.456 e. The van der Waals surface area contributed by atoms with Gasteiger partial charge in [0.1, 0.15) is 11.2 Å². The molecule has 4 nitrogen and oxygen atoms in total. The number of hydrogen-bond donors (Lipinski definition) is 0. The number of rotatable bonds is 5. The summed E-state index contributed by atoms with van der Waals surface area (Å²) in [6.07, 6.45) is 0. The SMILES string of the molecule is [2H]c1cc2c(oc3c([2H])cc([2H])c(-c4nc(-c5ccc(-c6c([2H])c([2H])c([2H])c([2H])c6[2H])c(-c6cccc7ccccc67)c5)nc(-c5cc6ccccc6c6ccccc56)n4)c32)c([2H])c1[2H]. The first-order valence-corrected chi connectivity index (χ1v) is 17.7. The third-order valence-electron chi connectivity index (χ3n) is 10.1. The lowest BCUT2D eigenvalue weighted by Gasteiger charge is -2.16. The summed E-state index contributed by atoms with van der Waals surface area (Å²) in [5, 5.41) is 6.09. The van der Waals surface area contributed by atoms with Crippen LogP contribution in [0.3, 0.4) is 0 Å². The highest BCUT2D eigenvalue weighted by molar-refractivity contribution is 6.14. The minimum atomic E-state index is -0.497. The van der Waals surface area contributed by atoms with Gasteiger partial charge in [-0.25, -0.2) is 15.0 Å². The van der Waals surface area contributed by atoms with Crippen LogP contribution in [0, 0.1) is 0 Å². The van der Waals surface area contributed by atoms with Crippen LogP contribution in [0.15, 0.2) is 192 Å². The highest BCUT2D eigenvalue weighted by Gasteiger charge is 2.21. The first-order chi connectivity index (χ1) is 31.4. The van der Waals surface area contributed by atoms with Crippen LogP contribution in [0.5, 0.6) is 0 Å². The van der Waals surface area contributed by atoms with E-state index in [1.54, 1.807) is 12.1 Å². The molecule has 4 heteroatoms. The van der Waals surface area contributed by atoms with Gasteiger partial charge in [0, 0.05) is 27.5 Å². The average molecular weight is 712 g/mol. The van der Waals surface area contributed by atoms with Crippen LogP contribution in [0.1, 0.15) is 13.7 Å². The van der Waals surface area contributed by atoms with Crippen LogP contribution < -0.4 is 0 Å². The van der Waals surface area contributed by atoms with Crippen LogP contribution >= 0.6 is 0 Å². The van der Waals surface area contributed by atoms with Gasteiger partial charge in [0.15, 0.2) is 17.5 Å². The standard InChI is InChI=1S/C51H31N3O/c1-2-14-32(15-3-1)38-29-28-35(31-44(38)40-24-12-18-33-16-4-6-19-36(33)40)49-52-50(43-25-13-27-47-48(43)42-23-10-11-26-46(42)55-47)54-51(53-49)45-30-34-17-5-7-20-37(34)39-21-8-9-22-41(39)45/h1-31H/i1D,2D,3D,10D,11D,14D,15D,25D,26D,27D. The van der Waals surface area contributed by atoms with E-state index in [0.717, 1.165) is 37.9 Å². The lowest BCUT2D eigenvalue weighted by molar-refractivity contribution is 0.669. The quantitative estimate of drug-likeness (QED) is 0.167. The normalized spacial score (nSPS) is 14.2. The molecule has 2 heterocycles. The molecule has 0 N–H and O–H groups in total. The topological polar surface area (TPSA) is 51.8 Å². The van der Waals surface area contributed by atoms with Crippen molar-refractivity contribution in [1.29, 1.82) is 0 Å². The molecule has 0 spiro atoms. The molecule has 11 rings (SSSR count). The molecule has 0 unspecified atom stereocenters. The summed E-state index contributed by atoms with van der Waals surface area (Å²) in [6, 6.07) is 36.3. The first kappa shape index (κ1) is 22.6. The number of fused-ring (bicyclic) bond motifs is 7. The third-order valence-corrected chi connectivity index (χ3v) is 10.1. The maximum atomic E-state index is 9.35. The molecule has 55 heavy (non-hydrogen) atoms.